The number of likely N-dealkylation sites (tertiary alicyclic amines) is 1. The summed E-state index contributed by atoms with van der Waals surface area (Å²) in [6.45, 7) is 2.25. The van der Waals surface area contributed by atoms with Crippen molar-refractivity contribution in [1.82, 2.24) is 4.90 Å². The molecule has 2 heterocycles. The number of nitrogens with zero attached hydrogens (tertiary/aromatic N) is 1. The van der Waals surface area contributed by atoms with Gasteiger partial charge in [0.05, 0.1) is 20.8 Å². The molecule has 0 saturated carbocycles. The second-order valence-corrected chi connectivity index (χ2v) is 7.04. The van der Waals surface area contributed by atoms with Gasteiger partial charge in [-0.15, -0.1) is 11.8 Å². The summed E-state index contributed by atoms with van der Waals surface area (Å²) in [6, 6.07) is 5.26. The van der Waals surface area contributed by atoms with Crippen LogP contribution in [-0.4, -0.2) is 55.5 Å². The van der Waals surface area contributed by atoms with Crippen LogP contribution < -0.4 is 14.8 Å². The number of hydrogen-bond donors (Lipinski definition) is 1. The van der Waals surface area contributed by atoms with Gasteiger partial charge in [0.1, 0.15) is 4.93 Å². The SMILES string of the molecule is COc1ccc(NC(=O)N2CCC3(CC2)OCCS3)cc1OC. The number of urea groups is 1. The molecule has 126 valence electrons. The fourth-order valence-electron chi connectivity index (χ4n) is 2.95. The summed E-state index contributed by atoms with van der Waals surface area (Å²) < 4.78 is 16.3. The van der Waals surface area contributed by atoms with E-state index in [1.807, 2.05) is 16.7 Å². The van der Waals surface area contributed by atoms with Crippen LogP contribution in [0, 0.1) is 0 Å². The number of ether oxygens (including phenoxy) is 3. The Morgan fingerprint density at radius 3 is 2.61 bits per heavy atom. The average Bonchev–Trinajstić information content (AvgIpc) is 3.03. The summed E-state index contributed by atoms with van der Waals surface area (Å²) in [5, 5.41) is 2.92. The van der Waals surface area contributed by atoms with Crippen molar-refractivity contribution in [2.45, 2.75) is 17.8 Å². The standard InChI is InChI=1S/C16H22N2O4S/c1-20-13-4-3-12(11-14(13)21-2)17-15(19)18-7-5-16(6-8-18)22-9-10-23-16/h3-4,11H,5-10H2,1-2H3,(H,17,19). The Morgan fingerprint density at radius 1 is 1.26 bits per heavy atom. The van der Waals surface area contributed by atoms with Gasteiger partial charge in [-0.2, -0.15) is 0 Å². The van der Waals surface area contributed by atoms with Crippen molar-refractivity contribution in [3.63, 3.8) is 0 Å². The molecule has 1 N–H and O–H groups in total. The number of hydrogen-bond acceptors (Lipinski definition) is 5. The van der Waals surface area contributed by atoms with E-state index in [0.29, 0.717) is 30.3 Å². The van der Waals surface area contributed by atoms with E-state index < -0.39 is 0 Å². The van der Waals surface area contributed by atoms with Crippen LogP contribution >= 0.6 is 11.8 Å². The van der Waals surface area contributed by atoms with E-state index in [0.717, 1.165) is 25.2 Å². The van der Waals surface area contributed by atoms with Crippen molar-refractivity contribution in [3.05, 3.63) is 18.2 Å². The Labute approximate surface area is 140 Å². The van der Waals surface area contributed by atoms with Gasteiger partial charge in [-0.3, -0.25) is 0 Å². The molecule has 23 heavy (non-hydrogen) atoms. The van der Waals surface area contributed by atoms with Gasteiger partial charge in [-0.1, -0.05) is 0 Å². The second kappa shape index (κ2) is 6.88. The van der Waals surface area contributed by atoms with Crippen LogP contribution in [0.5, 0.6) is 11.5 Å². The lowest BCUT2D eigenvalue weighted by atomic mass is 10.1. The van der Waals surface area contributed by atoms with Gasteiger partial charge in [-0.25, -0.2) is 4.79 Å². The number of rotatable bonds is 3. The molecule has 0 unspecified atom stereocenters. The summed E-state index contributed by atoms with van der Waals surface area (Å²) in [5.74, 6) is 2.29. The van der Waals surface area contributed by atoms with Crippen molar-refractivity contribution in [3.8, 4) is 11.5 Å². The smallest absolute Gasteiger partial charge is 0.321 e. The van der Waals surface area contributed by atoms with E-state index in [4.69, 9.17) is 14.2 Å². The summed E-state index contributed by atoms with van der Waals surface area (Å²) in [6.07, 6.45) is 1.77. The van der Waals surface area contributed by atoms with E-state index in [1.54, 1.807) is 32.4 Å². The monoisotopic (exact) mass is 338 g/mol. The van der Waals surface area contributed by atoms with E-state index in [-0.39, 0.29) is 11.0 Å². The van der Waals surface area contributed by atoms with Gasteiger partial charge >= 0.3 is 6.03 Å². The van der Waals surface area contributed by atoms with Crippen molar-refractivity contribution in [1.29, 1.82) is 0 Å². The molecule has 1 spiro atoms. The lowest BCUT2D eigenvalue weighted by molar-refractivity contribution is 0.0105. The molecule has 2 aliphatic rings. The van der Waals surface area contributed by atoms with Gasteiger partial charge in [0.15, 0.2) is 11.5 Å². The Bertz CT molecular complexity index is 565. The van der Waals surface area contributed by atoms with Gasteiger partial charge in [0, 0.05) is 43.4 Å². The van der Waals surface area contributed by atoms with E-state index >= 15 is 0 Å². The average molecular weight is 338 g/mol. The molecular formula is C16H22N2O4S. The van der Waals surface area contributed by atoms with Gasteiger partial charge in [-0.05, 0) is 12.1 Å². The number of methoxy groups -OCH3 is 2. The van der Waals surface area contributed by atoms with Crippen molar-refractivity contribution in [2.24, 2.45) is 0 Å². The number of piperidine rings is 1. The topological polar surface area (TPSA) is 60.0 Å². The molecule has 0 bridgehead atoms. The lowest BCUT2D eigenvalue weighted by Crippen LogP contribution is -2.46. The van der Waals surface area contributed by atoms with Gasteiger partial charge < -0.3 is 24.4 Å². The quantitative estimate of drug-likeness (QED) is 0.918. The predicted octanol–water partition coefficient (Wildman–Crippen LogP) is 2.79. The van der Waals surface area contributed by atoms with E-state index in [1.165, 1.54) is 0 Å². The highest BCUT2D eigenvalue weighted by atomic mass is 32.2. The molecule has 7 heteroatoms. The zero-order valence-electron chi connectivity index (χ0n) is 13.5. The maximum atomic E-state index is 12.4. The lowest BCUT2D eigenvalue weighted by Gasteiger charge is -2.37. The minimum absolute atomic E-state index is 0.0554. The molecule has 1 aromatic carbocycles. The summed E-state index contributed by atoms with van der Waals surface area (Å²) in [4.78, 5) is 14.2. The third-order valence-electron chi connectivity index (χ3n) is 4.26. The van der Waals surface area contributed by atoms with Crippen LogP contribution in [0.15, 0.2) is 18.2 Å². The molecule has 2 aliphatic heterocycles. The Balaban J connectivity index is 1.59. The Morgan fingerprint density at radius 2 is 2.00 bits per heavy atom. The minimum Gasteiger partial charge on any atom is -0.493 e. The number of thioether (sulfide) groups is 1. The first-order valence-corrected chi connectivity index (χ1v) is 8.70. The molecule has 0 aromatic heterocycles. The highest BCUT2D eigenvalue weighted by Gasteiger charge is 2.40. The third kappa shape index (κ3) is 3.50. The van der Waals surface area contributed by atoms with Crippen LogP contribution in [0.4, 0.5) is 10.5 Å². The fraction of sp³-hybridized carbons (Fsp3) is 0.562. The molecule has 6 nitrogen and oxygen atoms in total. The number of carbonyl (C=O) groups is 1. The zero-order chi connectivity index (χ0) is 16.3. The first-order chi connectivity index (χ1) is 11.2. The second-order valence-electron chi connectivity index (χ2n) is 5.59. The Kier molecular flexibility index (Phi) is 4.87. The molecule has 0 atom stereocenters. The van der Waals surface area contributed by atoms with E-state index in [9.17, 15) is 4.79 Å². The van der Waals surface area contributed by atoms with Crippen LogP contribution in [0.25, 0.3) is 0 Å². The summed E-state index contributed by atoms with van der Waals surface area (Å²) >= 11 is 1.88. The molecule has 2 fully saturated rings. The molecule has 2 amide bonds. The molecule has 2 saturated heterocycles. The maximum absolute atomic E-state index is 12.4. The number of carbonyl (C=O) groups excluding carboxylic acids is 1. The largest absolute Gasteiger partial charge is 0.493 e. The van der Waals surface area contributed by atoms with Crippen molar-refractivity contribution >= 4 is 23.5 Å². The number of nitrogens with one attached hydrogen (secondary N) is 1. The summed E-state index contributed by atoms with van der Waals surface area (Å²) in [7, 11) is 3.16. The predicted molar refractivity (Wildman–Crippen MR) is 90.5 cm³/mol. The third-order valence-corrected chi connectivity index (χ3v) is 5.68. The zero-order valence-corrected chi connectivity index (χ0v) is 14.3. The molecule has 1 aromatic rings. The molecular weight excluding hydrogens is 316 g/mol. The summed E-state index contributed by atoms with van der Waals surface area (Å²) in [5.41, 5.74) is 0.694. The van der Waals surface area contributed by atoms with Gasteiger partial charge in [0.2, 0.25) is 0 Å². The number of benzene rings is 1. The Hall–Kier alpha value is -1.60. The maximum Gasteiger partial charge on any atom is 0.321 e. The highest BCUT2D eigenvalue weighted by molar-refractivity contribution is 8.00. The van der Waals surface area contributed by atoms with Crippen LogP contribution in [0.3, 0.4) is 0 Å². The normalized spacial score (nSPS) is 19.7. The molecule has 3 rings (SSSR count). The molecule has 0 radical (unpaired) electrons. The van der Waals surface area contributed by atoms with E-state index in [2.05, 4.69) is 5.32 Å². The molecule has 0 aliphatic carbocycles. The van der Waals surface area contributed by atoms with Crippen LogP contribution in [-0.2, 0) is 4.74 Å². The van der Waals surface area contributed by atoms with Crippen LogP contribution in [0.2, 0.25) is 0 Å². The fourth-order valence-corrected chi connectivity index (χ4v) is 4.13. The first kappa shape index (κ1) is 16.3. The van der Waals surface area contributed by atoms with Crippen molar-refractivity contribution < 1.29 is 19.0 Å². The first-order valence-electron chi connectivity index (χ1n) is 7.72. The highest BCUT2D eigenvalue weighted by Crippen LogP contribution is 2.41. The number of amides is 2. The van der Waals surface area contributed by atoms with Crippen LogP contribution in [0.1, 0.15) is 12.8 Å². The minimum atomic E-state index is -0.0879. The number of anilines is 1. The van der Waals surface area contributed by atoms with Crippen molar-refractivity contribution in [2.75, 3.05) is 45.0 Å². The van der Waals surface area contributed by atoms with Gasteiger partial charge in [0.25, 0.3) is 0 Å².